The molecule has 210 valence electrons. The molecule has 2 aromatic carbocycles. The van der Waals surface area contributed by atoms with E-state index in [1.54, 1.807) is 24.4 Å². The number of primary amides is 1. The molecule has 1 unspecified atom stereocenters. The molecule has 1 amide bonds. The molecule has 3 heterocycles. The van der Waals surface area contributed by atoms with Crippen LogP contribution in [0.5, 0.6) is 17.2 Å². The number of nitriles is 1. The highest BCUT2D eigenvalue weighted by atomic mass is 19.1. The molecule has 0 saturated carbocycles. The van der Waals surface area contributed by atoms with Gasteiger partial charge in [-0.25, -0.2) is 18.8 Å². The van der Waals surface area contributed by atoms with Gasteiger partial charge in [-0.15, -0.1) is 0 Å². The minimum absolute atomic E-state index is 0.0840. The van der Waals surface area contributed by atoms with Crippen molar-refractivity contribution in [2.45, 2.75) is 25.5 Å². The molecule has 0 spiro atoms. The molecule has 5 rings (SSSR count). The third-order valence-electron chi connectivity index (χ3n) is 6.25. The van der Waals surface area contributed by atoms with Gasteiger partial charge in [-0.05, 0) is 37.6 Å². The topological polar surface area (TPSA) is 168 Å². The molecule has 41 heavy (non-hydrogen) atoms. The minimum atomic E-state index is -1.68. The van der Waals surface area contributed by atoms with E-state index < -0.39 is 35.4 Å². The normalized spacial score (nSPS) is 16.3. The van der Waals surface area contributed by atoms with Crippen LogP contribution in [-0.2, 0) is 9.53 Å². The summed E-state index contributed by atoms with van der Waals surface area (Å²) in [4.78, 5) is 22.9. The number of halogens is 2. The number of amides is 1. The summed E-state index contributed by atoms with van der Waals surface area (Å²) in [6.07, 6.45) is 2.95. The molecular weight excluding hydrogens is 538 g/mol. The van der Waals surface area contributed by atoms with E-state index in [2.05, 4.69) is 26.3 Å². The standard InChI is InChI=1S/C28H24F2N6O5/c1-14(2)40-21-4-3-15(7-16(21)10-31)18-11-34-25-23(18)22(5-6-33-25)41-24-19(29)8-17(9-20(24)30)35-27-36-28(12-37,13-39-27)26(32)38/h3-9,11,14,37H,12-13H2,1-2H3,(H2,32,38)(H,33,34)(H,35,36). The molecule has 11 nitrogen and oxygen atoms in total. The van der Waals surface area contributed by atoms with Crippen molar-refractivity contribution in [1.82, 2.24) is 9.97 Å². The average Bonchev–Trinajstić information content (AvgIpc) is 3.56. The van der Waals surface area contributed by atoms with Crippen LogP contribution in [0.2, 0.25) is 0 Å². The number of anilines is 1. The van der Waals surface area contributed by atoms with Crippen molar-refractivity contribution in [3.05, 3.63) is 66.0 Å². The van der Waals surface area contributed by atoms with E-state index in [9.17, 15) is 15.2 Å². The van der Waals surface area contributed by atoms with Gasteiger partial charge in [-0.1, -0.05) is 6.07 Å². The van der Waals surface area contributed by atoms with E-state index in [1.807, 2.05) is 13.8 Å². The highest BCUT2D eigenvalue weighted by Crippen LogP contribution is 2.39. The number of nitrogens with zero attached hydrogens (tertiary/aromatic N) is 3. The fourth-order valence-electron chi connectivity index (χ4n) is 4.24. The third kappa shape index (κ3) is 5.20. The van der Waals surface area contributed by atoms with Crippen molar-refractivity contribution < 1.29 is 32.9 Å². The first-order valence-electron chi connectivity index (χ1n) is 12.4. The number of aliphatic imine (C=N–C) groups is 1. The maximum Gasteiger partial charge on any atom is 0.290 e. The highest BCUT2D eigenvalue weighted by molar-refractivity contribution is 5.99. The van der Waals surface area contributed by atoms with Gasteiger partial charge < -0.3 is 35.4 Å². The second-order valence-electron chi connectivity index (χ2n) is 9.48. The summed E-state index contributed by atoms with van der Waals surface area (Å²) in [5, 5.41) is 22.1. The van der Waals surface area contributed by atoms with Gasteiger partial charge in [-0.2, -0.15) is 5.26 Å². The van der Waals surface area contributed by atoms with E-state index in [-0.39, 0.29) is 30.2 Å². The number of hydrogen-bond acceptors (Lipinski definition) is 9. The van der Waals surface area contributed by atoms with E-state index in [0.29, 0.717) is 33.5 Å². The zero-order valence-corrected chi connectivity index (χ0v) is 21.9. The predicted octanol–water partition coefficient (Wildman–Crippen LogP) is 3.97. The second-order valence-corrected chi connectivity index (χ2v) is 9.48. The zero-order chi connectivity index (χ0) is 29.3. The first-order chi connectivity index (χ1) is 19.6. The molecule has 2 aromatic heterocycles. The highest BCUT2D eigenvalue weighted by Gasteiger charge is 2.42. The maximum absolute atomic E-state index is 15.1. The maximum atomic E-state index is 15.1. The molecule has 1 aliphatic rings. The van der Waals surface area contributed by atoms with Crippen molar-refractivity contribution in [2.75, 3.05) is 18.5 Å². The van der Waals surface area contributed by atoms with Gasteiger partial charge in [0.05, 0.1) is 23.7 Å². The molecular formula is C28H24F2N6O5. The number of amidine groups is 1. The summed E-state index contributed by atoms with van der Waals surface area (Å²) < 4.78 is 46.9. The number of aromatic amines is 1. The fraction of sp³-hybridized carbons (Fsp3) is 0.214. The van der Waals surface area contributed by atoms with Crippen LogP contribution in [0.15, 0.2) is 53.8 Å². The minimum Gasteiger partial charge on any atom is -0.490 e. The molecule has 1 atom stereocenters. The van der Waals surface area contributed by atoms with Crippen LogP contribution in [0, 0.1) is 23.0 Å². The van der Waals surface area contributed by atoms with Crippen LogP contribution in [0.25, 0.3) is 22.2 Å². The van der Waals surface area contributed by atoms with Gasteiger partial charge in [-0.3, -0.25) is 4.79 Å². The number of aromatic nitrogens is 2. The molecule has 0 bridgehead atoms. The zero-order valence-electron chi connectivity index (χ0n) is 21.9. The number of carbonyl (C=O) groups excluding carboxylic acids is 1. The van der Waals surface area contributed by atoms with Gasteiger partial charge in [0.25, 0.3) is 11.9 Å². The summed E-state index contributed by atoms with van der Waals surface area (Å²) in [5.74, 6) is -3.12. The average molecular weight is 563 g/mol. The molecule has 0 aliphatic carbocycles. The van der Waals surface area contributed by atoms with Gasteiger partial charge >= 0.3 is 0 Å². The summed E-state index contributed by atoms with van der Waals surface area (Å²) >= 11 is 0. The number of hydrogen-bond donors (Lipinski definition) is 4. The predicted molar refractivity (Wildman–Crippen MR) is 144 cm³/mol. The van der Waals surface area contributed by atoms with Crippen LogP contribution in [0.1, 0.15) is 19.4 Å². The van der Waals surface area contributed by atoms with Crippen LogP contribution >= 0.6 is 0 Å². The SMILES string of the molecule is CC(C)Oc1ccc(-c2c[nH]c3nccc(Oc4c(F)cc(NC5=NC(CO)(C(N)=O)CO5)cc4F)c23)cc1C#N. The number of pyridine rings is 1. The summed E-state index contributed by atoms with van der Waals surface area (Å²) in [6.45, 7) is 2.69. The Morgan fingerprint density at radius 3 is 2.66 bits per heavy atom. The molecule has 5 N–H and O–H groups in total. The number of rotatable bonds is 8. The number of aliphatic hydroxyl groups excluding tert-OH is 1. The number of ether oxygens (including phenoxy) is 3. The summed E-state index contributed by atoms with van der Waals surface area (Å²) in [5.41, 5.74) is 5.46. The lowest BCUT2D eigenvalue weighted by Crippen LogP contribution is -2.46. The van der Waals surface area contributed by atoms with Crippen molar-refractivity contribution in [3.8, 4) is 34.4 Å². The Labute approximate surface area is 232 Å². The Morgan fingerprint density at radius 1 is 1.27 bits per heavy atom. The first-order valence-corrected chi connectivity index (χ1v) is 12.4. The Kier molecular flexibility index (Phi) is 7.17. The van der Waals surface area contributed by atoms with Crippen molar-refractivity contribution in [3.63, 3.8) is 0 Å². The third-order valence-corrected chi connectivity index (χ3v) is 6.25. The first kappa shape index (κ1) is 27.4. The van der Waals surface area contributed by atoms with E-state index in [1.165, 1.54) is 12.3 Å². The van der Waals surface area contributed by atoms with Crippen molar-refractivity contribution in [1.29, 1.82) is 5.26 Å². The molecule has 0 fully saturated rings. The Morgan fingerprint density at radius 2 is 2.02 bits per heavy atom. The molecule has 0 saturated heterocycles. The number of nitrogens with one attached hydrogen (secondary N) is 2. The summed E-state index contributed by atoms with van der Waals surface area (Å²) in [6, 6.07) is 10.4. The number of aliphatic hydroxyl groups is 1. The monoisotopic (exact) mass is 562 g/mol. The Hall–Kier alpha value is -5.22. The lowest BCUT2D eigenvalue weighted by molar-refractivity contribution is -0.124. The van der Waals surface area contributed by atoms with Crippen LogP contribution in [-0.4, -0.2) is 51.9 Å². The fourth-order valence-corrected chi connectivity index (χ4v) is 4.24. The Balaban J connectivity index is 1.46. The number of carbonyl (C=O) groups is 1. The van der Waals surface area contributed by atoms with Crippen molar-refractivity contribution >= 4 is 28.6 Å². The quantitative estimate of drug-likeness (QED) is 0.250. The molecule has 4 aromatic rings. The summed E-state index contributed by atoms with van der Waals surface area (Å²) in [7, 11) is 0. The smallest absolute Gasteiger partial charge is 0.290 e. The van der Waals surface area contributed by atoms with Crippen LogP contribution < -0.4 is 20.5 Å². The largest absolute Gasteiger partial charge is 0.490 e. The molecule has 0 radical (unpaired) electrons. The van der Waals surface area contributed by atoms with E-state index in [4.69, 9.17) is 19.9 Å². The number of nitrogens with two attached hydrogens (primary N) is 1. The number of benzene rings is 2. The van der Waals surface area contributed by atoms with Crippen molar-refractivity contribution in [2.24, 2.45) is 10.7 Å². The van der Waals surface area contributed by atoms with Gasteiger partial charge in [0.2, 0.25) is 5.54 Å². The molecule has 13 heteroatoms. The van der Waals surface area contributed by atoms with Gasteiger partial charge in [0, 0.05) is 35.8 Å². The lowest BCUT2D eigenvalue weighted by Gasteiger charge is -2.15. The lowest BCUT2D eigenvalue weighted by atomic mass is 10.0. The number of H-pyrrole nitrogens is 1. The second kappa shape index (κ2) is 10.7. The van der Waals surface area contributed by atoms with E-state index >= 15 is 8.78 Å². The van der Waals surface area contributed by atoms with Crippen LogP contribution in [0.3, 0.4) is 0 Å². The van der Waals surface area contributed by atoms with Gasteiger partial charge in [0.1, 0.15) is 29.8 Å². The van der Waals surface area contributed by atoms with Gasteiger partial charge in [0.15, 0.2) is 17.4 Å². The molecule has 1 aliphatic heterocycles. The Bertz CT molecular complexity index is 1710. The van der Waals surface area contributed by atoms with Crippen LogP contribution in [0.4, 0.5) is 14.5 Å². The van der Waals surface area contributed by atoms with E-state index in [0.717, 1.165) is 12.1 Å². The number of fused-ring (bicyclic) bond motifs is 1.